The molecule has 0 atom stereocenters. The maximum Gasteiger partial charge on any atom is 0.256 e. The van der Waals surface area contributed by atoms with Crippen molar-refractivity contribution in [2.24, 2.45) is 0 Å². The molecule has 1 amide bonds. The highest BCUT2D eigenvalue weighted by atomic mass is 32.2. The van der Waals surface area contributed by atoms with Crippen LogP contribution in [0.3, 0.4) is 0 Å². The fourth-order valence-electron chi connectivity index (χ4n) is 3.91. The number of hydrogen-bond acceptors (Lipinski definition) is 8. The summed E-state index contributed by atoms with van der Waals surface area (Å²) in [5.74, 6) is 0.877. The minimum atomic E-state index is -3.15. The number of hydrogen-bond donors (Lipinski definition) is 2. The molecule has 38 heavy (non-hydrogen) atoms. The molecule has 0 saturated carbocycles. The number of nitrogens with zero attached hydrogens (tertiary/aromatic N) is 3. The monoisotopic (exact) mass is 525 g/mol. The first-order valence-electron chi connectivity index (χ1n) is 11.6. The molecular formula is C28H23N5O4S. The standard InChI is InChI=1S/C28H23N5O4S/c1-38(35,36)18-19-5-2-7-21(15-19)32-28-30-14-12-26(33-28)37-23-10-11-24-20(16-23)6-3-9-25(24)27(34)31-22-8-4-13-29-17-22/h2-17H,18H2,1H3,(H,31,34)(H,30,32,33). The summed E-state index contributed by atoms with van der Waals surface area (Å²) in [6.07, 6.45) is 5.99. The van der Waals surface area contributed by atoms with Gasteiger partial charge in [-0.3, -0.25) is 9.78 Å². The van der Waals surface area contributed by atoms with Crippen LogP contribution in [0.15, 0.2) is 97.5 Å². The van der Waals surface area contributed by atoms with Crippen LogP contribution in [-0.4, -0.2) is 35.5 Å². The summed E-state index contributed by atoms with van der Waals surface area (Å²) in [7, 11) is -3.15. The second-order valence-electron chi connectivity index (χ2n) is 8.60. The van der Waals surface area contributed by atoms with Crippen LogP contribution in [0.1, 0.15) is 15.9 Å². The third kappa shape index (κ3) is 6.29. The van der Waals surface area contributed by atoms with Gasteiger partial charge in [0.05, 0.1) is 17.6 Å². The van der Waals surface area contributed by atoms with Crippen LogP contribution in [0.4, 0.5) is 17.3 Å². The van der Waals surface area contributed by atoms with Crippen molar-refractivity contribution in [1.82, 2.24) is 15.0 Å². The Morgan fingerprint density at radius 1 is 0.921 bits per heavy atom. The Hall–Kier alpha value is -4.83. The van der Waals surface area contributed by atoms with Crippen molar-refractivity contribution in [1.29, 1.82) is 0 Å². The lowest BCUT2D eigenvalue weighted by Gasteiger charge is -2.11. The van der Waals surface area contributed by atoms with Crippen molar-refractivity contribution in [3.63, 3.8) is 0 Å². The average molecular weight is 526 g/mol. The Labute approximate surface area is 219 Å². The average Bonchev–Trinajstić information content (AvgIpc) is 2.88. The highest BCUT2D eigenvalue weighted by Crippen LogP contribution is 2.28. The number of pyridine rings is 1. The molecule has 0 aliphatic rings. The van der Waals surface area contributed by atoms with E-state index in [-0.39, 0.29) is 11.7 Å². The number of nitrogens with one attached hydrogen (secondary N) is 2. The molecule has 9 nitrogen and oxygen atoms in total. The topological polar surface area (TPSA) is 123 Å². The van der Waals surface area contributed by atoms with Gasteiger partial charge in [-0.25, -0.2) is 13.4 Å². The number of amides is 1. The Morgan fingerprint density at radius 2 is 1.76 bits per heavy atom. The molecule has 190 valence electrons. The van der Waals surface area contributed by atoms with Gasteiger partial charge in [-0.2, -0.15) is 4.98 Å². The summed E-state index contributed by atoms with van der Waals surface area (Å²) in [6, 6.07) is 23.1. The summed E-state index contributed by atoms with van der Waals surface area (Å²) in [6.45, 7) is 0. The van der Waals surface area contributed by atoms with Crippen LogP contribution in [0.2, 0.25) is 0 Å². The molecule has 0 bridgehead atoms. The van der Waals surface area contributed by atoms with E-state index in [1.165, 1.54) is 6.26 Å². The Morgan fingerprint density at radius 3 is 2.58 bits per heavy atom. The van der Waals surface area contributed by atoms with E-state index < -0.39 is 9.84 Å². The number of carbonyl (C=O) groups excluding carboxylic acids is 1. The van der Waals surface area contributed by atoms with Gasteiger partial charge in [0.15, 0.2) is 9.84 Å². The number of fused-ring (bicyclic) bond motifs is 1. The van der Waals surface area contributed by atoms with E-state index >= 15 is 0 Å². The quantitative estimate of drug-likeness (QED) is 0.278. The van der Waals surface area contributed by atoms with Gasteiger partial charge in [-0.1, -0.05) is 24.3 Å². The predicted molar refractivity (Wildman–Crippen MR) is 147 cm³/mol. The molecule has 3 aromatic carbocycles. The Bertz CT molecular complexity index is 1730. The third-order valence-electron chi connectivity index (χ3n) is 5.48. The highest BCUT2D eigenvalue weighted by Gasteiger charge is 2.12. The molecule has 0 aliphatic carbocycles. The zero-order chi connectivity index (χ0) is 26.5. The number of benzene rings is 3. The predicted octanol–water partition coefficient (Wildman–Crippen LogP) is 5.36. The number of sulfone groups is 1. The molecular weight excluding hydrogens is 502 g/mol. The molecule has 2 aromatic heterocycles. The molecule has 0 unspecified atom stereocenters. The van der Waals surface area contributed by atoms with Gasteiger partial charge >= 0.3 is 0 Å². The van der Waals surface area contributed by atoms with Gasteiger partial charge < -0.3 is 15.4 Å². The fourth-order valence-corrected chi connectivity index (χ4v) is 4.69. The fraction of sp³-hybridized carbons (Fsp3) is 0.0714. The Kier molecular flexibility index (Phi) is 6.96. The molecule has 0 aliphatic heterocycles. The van der Waals surface area contributed by atoms with E-state index in [1.54, 1.807) is 73.2 Å². The van der Waals surface area contributed by atoms with Gasteiger partial charge in [0.1, 0.15) is 5.75 Å². The number of carbonyl (C=O) groups is 1. The lowest BCUT2D eigenvalue weighted by atomic mass is 10.0. The number of rotatable bonds is 8. The largest absolute Gasteiger partial charge is 0.439 e. The highest BCUT2D eigenvalue weighted by molar-refractivity contribution is 7.89. The number of ether oxygens (including phenoxy) is 1. The lowest BCUT2D eigenvalue weighted by Crippen LogP contribution is -2.12. The smallest absolute Gasteiger partial charge is 0.256 e. The maximum absolute atomic E-state index is 12.9. The minimum Gasteiger partial charge on any atom is -0.439 e. The summed E-state index contributed by atoms with van der Waals surface area (Å²) >= 11 is 0. The van der Waals surface area contributed by atoms with Crippen LogP contribution in [0.25, 0.3) is 10.8 Å². The minimum absolute atomic E-state index is 0.0542. The summed E-state index contributed by atoms with van der Waals surface area (Å²) in [5, 5.41) is 7.55. The maximum atomic E-state index is 12.9. The van der Waals surface area contributed by atoms with Crippen LogP contribution >= 0.6 is 0 Å². The van der Waals surface area contributed by atoms with Gasteiger partial charge in [-0.15, -0.1) is 0 Å². The van der Waals surface area contributed by atoms with Crippen LogP contribution in [0.5, 0.6) is 11.6 Å². The molecule has 0 fully saturated rings. The van der Waals surface area contributed by atoms with Crippen molar-refractivity contribution in [2.45, 2.75) is 5.75 Å². The SMILES string of the molecule is CS(=O)(=O)Cc1cccc(Nc2nccc(Oc3ccc4c(C(=O)Nc5cccnc5)cccc4c3)n2)c1. The molecule has 2 N–H and O–H groups in total. The van der Waals surface area contributed by atoms with Crippen LogP contribution in [0, 0.1) is 0 Å². The van der Waals surface area contributed by atoms with Crippen molar-refractivity contribution < 1.29 is 17.9 Å². The first kappa shape index (κ1) is 24.8. The molecule has 0 saturated heterocycles. The first-order chi connectivity index (χ1) is 18.3. The molecule has 2 heterocycles. The number of aromatic nitrogens is 3. The van der Waals surface area contributed by atoms with E-state index in [0.29, 0.717) is 40.1 Å². The molecule has 0 radical (unpaired) electrons. The molecule has 0 spiro atoms. The Balaban J connectivity index is 1.32. The molecule has 10 heteroatoms. The molecule has 5 rings (SSSR count). The molecule has 5 aromatic rings. The van der Waals surface area contributed by atoms with Gasteiger partial charge in [-0.05, 0) is 64.9 Å². The van der Waals surface area contributed by atoms with Gasteiger partial charge in [0, 0.05) is 36.0 Å². The van der Waals surface area contributed by atoms with Crippen LogP contribution < -0.4 is 15.4 Å². The van der Waals surface area contributed by atoms with E-state index in [0.717, 1.165) is 10.8 Å². The van der Waals surface area contributed by atoms with E-state index in [9.17, 15) is 13.2 Å². The van der Waals surface area contributed by atoms with Gasteiger partial charge in [0.25, 0.3) is 5.91 Å². The zero-order valence-corrected chi connectivity index (χ0v) is 21.1. The number of anilines is 3. The summed E-state index contributed by atoms with van der Waals surface area (Å²) in [5.41, 5.74) is 2.47. The second-order valence-corrected chi connectivity index (χ2v) is 10.7. The summed E-state index contributed by atoms with van der Waals surface area (Å²) < 4.78 is 29.2. The zero-order valence-electron chi connectivity index (χ0n) is 20.3. The van der Waals surface area contributed by atoms with E-state index in [2.05, 4.69) is 25.6 Å². The van der Waals surface area contributed by atoms with Crippen molar-refractivity contribution in [2.75, 3.05) is 16.9 Å². The summed E-state index contributed by atoms with van der Waals surface area (Å²) in [4.78, 5) is 25.5. The van der Waals surface area contributed by atoms with Crippen molar-refractivity contribution in [3.8, 4) is 11.6 Å². The second kappa shape index (κ2) is 10.7. The normalized spacial score (nSPS) is 11.2. The van der Waals surface area contributed by atoms with E-state index in [1.807, 2.05) is 24.3 Å². The van der Waals surface area contributed by atoms with Crippen molar-refractivity contribution in [3.05, 3.63) is 109 Å². The van der Waals surface area contributed by atoms with Gasteiger partial charge in [0.2, 0.25) is 11.8 Å². The van der Waals surface area contributed by atoms with Crippen LogP contribution in [-0.2, 0) is 15.6 Å². The van der Waals surface area contributed by atoms with Crippen molar-refractivity contribution >= 4 is 43.8 Å². The first-order valence-corrected chi connectivity index (χ1v) is 13.7. The third-order valence-corrected chi connectivity index (χ3v) is 6.34. The lowest BCUT2D eigenvalue weighted by molar-refractivity contribution is 0.102. The van der Waals surface area contributed by atoms with E-state index in [4.69, 9.17) is 4.74 Å².